The van der Waals surface area contributed by atoms with E-state index in [0.29, 0.717) is 23.0 Å². The van der Waals surface area contributed by atoms with E-state index in [1.807, 2.05) is 54.6 Å². The second-order valence-electron chi connectivity index (χ2n) is 17.8. The van der Waals surface area contributed by atoms with Gasteiger partial charge in [0.15, 0.2) is 0 Å². The molecular weight excluding hydrogens is 909 g/mol. The molecule has 0 amide bonds. The topological polar surface area (TPSA) is 105 Å². The summed E-state index contributed by atoms with van der Waals surface area (Å²) in [5.41, 5.74) is 9.65. The van der Waals surface area contributed by atoms with Crippen molar-refractivity contribution in [1.82, 2.24) is 0 Å². The van der Waals surface area contributed by atoms with Crippen LogP contribution in [0.2, 0.25) is 0 Å². The molecule has 0 spiro atoms. The van der Waals surface area contributed by atoms with Crippen LogP contribution in [0.5, 0.6) is 23.0 Å². The Balaban J connectivity index is 0.867. The summed E-state index contributed by atoms with van der Waals surface area (Å²) >= 11 is 0. The predicted octanol–water partition coefficient (Wildman–Crippen LogP) is 14.7. The van der Waals surface area contributed by atoms with Gasteiger partial charge in [-0.25, -0.2) is 19.2 Å². The molecular formula is C65H56O8. The Bertz CT molecular complexity index is 3330. The molecule has 0 saturated heterocycles. The molecule has 8 rings (SSSR count). The largest absolute Gasteiger partial charge is 0.423 e. The van der Waals surface area contributed by atoms with E-state index in [9.17, 15) is 19.2 Å². The van der Waals surface area contributed by atoms with E-state index in [4.69, 9.17) is 18.9 Å². The number of aryl methyl sites for hydroxylation is 4. The maximum Gasteiger partial charge on any atom is 0.336 e. The summed E-state index contributed by atoms with van der Waals surface area (Å²) in [5, 5.41) is 4.20. The van der Waals surface area contributed by atoms with Gasteiger partial charge in [-0.2, -0.15) is 0 Å². The number of fused-ring (bicyclic) bond motifs is 2. The van der Waals surface area contributed by atoms with Gasteiger partial charge in [0.25, 0.3) is 0 Å². The van der Waals surface area contributed by atoms with Crippen molar-refractivity contribution >= 4 is 51.5 Å². The van der Waals surface area contributed by atoms with Gasteiger partial charge in [0.1, 0.15) is 23.0 Å². The van der Waals surface area contributed by atoms with Crippen LogP contribution in [0.1, 0.15) is 59.9 Å². The van der Waals surface area contributed by atoms with Crippen LogP contribution in [0, 0.1) is 0 Å². The monoisotopic (exact) mass is 964 g/mol. The van der Waals surface area contributed by atoms with Crippen molar-refractivity contribution in [2.24, 2.45) is 0 Å². The Morgan fingerprint density at radius 2 is 0.712 bits per heavy atom. The summed E-state index contributed by atoms with van der Waals surface area (Å²) in [6.07, 6.45) is 15.5. The number of benzene rings is 8. The first-order valence-corrected chi connectivity index (χ1v) is 24.5. The summed E-state index contributed by atoms with van der Waals surface area (Å²) in [4.78, 5) is 48.4. The number of carbonyl (C=O) groups excluding carboxylic acids is 4. The number of ether oxygens (including phenoxy) is 4. The molecule has 0 radical (unpaired) electrons. The van der Waals surface area contributed by atoms with Crippen molar-refractivity contribution in [3.63, 3.8) is 0 Å². The van der Waals surface area contributed by atoms with Crippen molar-refractivity contribution in [1.29, 1.82) is 0 Å². The number of carbonyl (C=O) groups is 4. The predicted molar refractivity (Wildman–Crippen MR) is 292 cm³/mol. The van der Waals surface area contributed by atoms with Crippen molar-refractivity contribution in [2.45, 2.75) is 57.8 Å². The van der Waals surface area contributed by atoms with Crippen molar-refractivity contribution in [2.75, 3.05) is 0 Å². The number of hydrogen-bond acceptors (Lipinski definition) is 8. The first-order valence-electron chi connectivity index (χ1n) is 24.5. The smallest absolute Gasteiger partial charge is 0.336 e. The molecule has 364 valence electrons. The summed E-state index contributed by atoms with van der Waals surface area (Å²) in [7, 11) is 0. The minimum atomic E-state index is -0.533. The van der Waals surface area contributed by atoms with Crippen molar-refractivity contribution in [3.8, 4) is 45.3 Å². The first kappa shape index (κ1) is 50.5. The zero-order valence-electron chi connectivity index (χ0n) is 40.7. The third kappa shape index (κ3) is 14.4. The molecule has 0 aliphatic carbocycles. The molecule has 8 nitrogen and oxygen atoms in total. The third-order valence-corrected chi connectivity index (χ3v) is 12.6. The molecule has 0 aromatic heterocycles. The highest BCUT2D eigenvalue weighted by Crippen LogP contribution is 2.31. The standard InChI is InChI=1S/C65H56O8/c1-4-62(66)70-57-32-25-50(26-33-57)49-21-16-45(17-22-49)12-10-11-15-48-20-38-61(53-29-34-58(35-30-53)71-63(67)5-2)54(40-48)31-39-65(69)73-60-37-28-52-24-19-47(42-56(52)44-60)14-9-7-8-13-46-18-23-51-27-36-59(43-55(51)41-46)72-64(68)6-3/h4-6,16-44H,1-3,7-15H2/b39-31+. The van der Waals surface area contributed by atoms with E-state index >= 15 is 0 Å². The van der Waals surface area contributed by atoms with Gasteiger partial charge < -0.3 is 18.9 Å². The minimum Gasteiger partial charge on any atom is -0.423 e. The summed E-state index contributed by atoms with van der Waals surface area (Å²) < 4.78 is 21.7. The minimum absolute atomic E-state index is 0.409. The van der Waals surface area contributed by atoms with Crippen molar-refractivity contribution in [3.05, 3.63) is 236 Å². The first-order chi connectivity index (χ1) is 35.6. The maximum absolute atomic E-state index is 13.4. The zero-order valence-corrected chi connectivity index (χ0v) is 40.7. The van der Waals surface area contributed by atoms with Crippen LogP contribution in [0.25, 0.3) is 49.9 Å². The fourth-order valence-corrected chi connectivity index (χ4v) is 8.71. The average molecular weight is 965 g/mol. The van der Waals surface area contributed by atoms with Gasteiger partial charge in [-0.3, -0.25) is 0 Å². The lowest BCUT2D eigenvalue weighted by atomic mass is 9.95. The van der Waals surface area contributed by atoms with Gasteiger partial charge in [0.05, 0.1) is 0 Å². The lowest BCUT2D eigenvalue weighted by molar-refractivity contribution is -0.129. The van der Waals surface area contributed by atoms with E-state index < -0.39 is 23.9 Å². The molecule has 0 saturated carbocycles. The molecule has 0 fully saturated rings. The highest BCUT2D eigenvalue weighted by atomic mass is 16.5. The molecule has 73 heavy (non-hydrogen) atoms. The second kappa shape index (κ2) is 24.8. The van der Waals surface area contributed by atoms with Gasteiger partial charge in [-0.1, -0.05) is 141 Å². The SMILES string of the molecule is C=CC(=O)Oc1ccc(-c2ccc(CCCCc3ccc(-c4ccc(OC(=O)C=C)cc4)c(/C=C/C(=O)Oc4ccc5ccc(CCCCCc6ccc7ccc(OC(=O)C=C)cc7c6)cc5c4)c3)cc2)cc1. The number of hydrogen-bond donors (Lipinski definition) is 0. The maximum atomic E-state index is 13.4. The molecule has 0 atom stereocenters. The normalized spacial score (nSPS) is 11.0. The van der Waals surface area contributed by atoms with E-state index in [1.165, 1.54) is 22.8 Å². The van der Waals surface area contributed by atoms with Crippen molar-refractivity contribution < 1.29 is 38.1 Å². The Morgan fingerprint density at radius 1 is 0.342 bits per heavy atom. The Labute approximate surface area is 426 Å². The number of esters is 4. The summed E-state index contributed by atoms with van der Waals surface area (Å²) in [6.45, 7) is 10.4. The van der Waals surface area contributed by atoms with Crippen LogP contribution in [0.15, 0.2) is 208 Å². The van der Waals surface area contributed by atoms with Gasteiger partial charge >= 0.3 is 23.9 Å². The average Bonchev–Trinajstić information content (AvgIpc) is 3.41. The molecule has 0 unspecified atom stereocenters. The zero-order chi connectivity index (χ0) is 50.9. The second-order valence-corrected chi connectivity index (χ2v) is 17.8. The van der Waals surface area contributed by atoms with Crippen LogP contribution in [0.4, 0.5) is 0 Å². The molecule has 8 aromatic rings. The molecule has 8 aromatic carbocycles. The van der Waals surface area contributed by atoms with Gasteiger partial charge in [-0.05, 0) is 178 Å². The van der Waals surface area contributed by atoms with Crippen LogP contribution >= 0.6 is 0 Å². The van der Waals surface area contributed by atoms with Gasteiger partial charge in [0, 0.05) is 24.3 Å². The quantitative estimate of drug-likeness (QED) is 0.0286. The van der Waals surface area contributed by atoms with Gasteiger partial charge in [0.2, 0.25) is 0 Å². The molecule has 0 aliphatic heterocycles. The number of rotatable bonds is 22. The highest BCUT2D eigenvalue weighted by molar-refractivity contribution is 5.92. The van der Waals surface area contributed by atoms with Crippen LogP contribution in [-0.2, 0) is 44.9 Å². The highest BCUT2D eigenvalue weighted by Gasteiger charge is 2.11. The van der Waals surface area contributed by atoms with Crippen LogP contribution in [0.3, 0.4) is 0 Å². The lowest BCUT2D eigenvalue weighted by Crippen LogP contribution is -2.04. The fourth-order valence-electron chi connectivity index (χ4n) is 8.71. The molecule has 0 N–H and O–H groups in total. The van der Waals surface area contributed by atoms with E-state index in [0.717, 1.165) is 131 Å². The molecule has 0 heterocycles. The lowest BCUT2D eigenvalue weighted by Gasteiger charge is -2.11. The van der Waals surface area contributed by atoms with E-state index in [2.05, 4.69) is 98.6 Å². The Hall–Kier alpha value is -8.88. The van der Waals surface area contributed by atoms with E-state index in [1.54, 1.807) is 36.4 Å². The van der Waals surface area contributed by atoms with Crippen LogP contribution in [-0.4, -0.2) is 23.9 Å². The van der Waals surface area contributed by atoms with E-state index in [-0.39, 0.29) is 0 Å². The summed E-state index contributed by atoms with van der Waals surface area (Å²) in [6, 6.07) is 53.7. The third-order valence-electron chi connectivity index (χ3n) is 12.6. The summed E-state index contributed by atoms with van der Waals surface area (Å²) in [5.74, 6) is -0.124. The molecule has 0 aliphatic rings. The van der Waals surface area contributed by atoms with Gasteiger partial charge in [-0.15, -0.1) is 0 Å². The number of unbranched alkanes of at least 4 members (excludes halogenated alkanes) is 3. The van der Waals surface area contributed by atoms with Crippen LogP contribution < -0.4 is 18.9 Å². The fraction of sp³-hybridized carbons (Fsp3) is 0.138. The molecule has 8 heteroatoms. The molecule has 0 bridgehead atoms. The Morgan fingerprint density at radius 3 is 1.22 bits per heavy atom. The Kier molecular flexibility index (Phi) is 17.2.